The van der Waals surface area contributed by atoms with Gasteiger partial charge in [-0.25, -0.2) is 0 Å². The third kappa shape index (κ3) is 1.85. The van der Waals surface area contributed by atoms with E-state index >= 15 is 0 Å². The van der Waals surface area contributed by atoms with Crippen molar-refractivity contribution in [1.29, 1.82) is 0 Å². The fourth-order valence-electron chi connectivity index (χ4n) is 1.81. The van der Waals surface area contributed by atoms with E-state index in [1.165, 1.54) is 0 Å². The molecule has 1 aromatic rings. The van der Waals surface area contributed by atoms with E-state index in [1.807, 2.05) is 43.0 Å². The van der Waals surface area contributed by atoms with Crippen LogP contribution in [0.25, 0.3) is 0 Å². The second-order valence-electron chi connectivity index (χ2n) is 3.74. The minimum Gasteiger partial charge on any atom is -0.294 e. The van der Waals surface area contributed by atoms with Crippen LogP contribution in [0.5, 0.6) is 0 Å². The molecular weight excluding hydrogens is 192 g/mol. The van der Waals surface area contributed by atoms with Crippen LogP contribution < -0.4 is 0 Å². The Kier molecular flexibility index (Phi) is 2.92. The molecule has 1 aliphatic heterocycles. The highest BCUT2D eigenvalue weighted by atomic mass is 32.2. The number of thioether (sulfide) groups is 1. The fourth-order valence-corrected chi connectivity index (χ4v) is 3.03. The maximum atomic E-state index is 12.1. The highest BCUT2D eigenvalue weighted by molar-refractivity contribution is 7.99. The van der Waals surface area contributed by atoms with E-state index in [4.69, 9.17) is 0 Å². The standard InChI is InChI=1S/C12H14OS/c1-9-4-2-3-5-11(9)12(13)10-6-7-14-8-10/h2-5,10H,6-8H2,1H3. The van der Waals surface area contributed by atoms with Crippen LogP contribution in [0.15, 0.2) is 24.3 Å². The minimum absolute atomic E-state index is 0.265. The van der Waals surface area contributed by atoms with Gasteiger partial charge in [-0.05, 0) is 24.7 Å². The molecule has 2 heteroatoms. The SMILES string of the molecule is Cc1ccccc1C(=O)C1CCSC1. The van der Waals surface area contributed by atoms with Crippen molar-refractivity contribution in [3.05, 3.63) is 35.4 Å². The van der Waals surface area contributed by atoms with Crippen LogP contribution in [-0.4, -0.2) is 17.3 Å². The Bertz CT molecular complexity index is 340. The second-order valence-corrected chi connectivity index (χ2v) is 4.89. The van der Waals surface area contributed by atoms with Crippen LogP contribution in [0.4, 0.5) is 0 Å². The smallest absolute Gasteiger partial charge is 0.167 e. The molecule has 0 aliphatic carbocycles. The average molecular weight is 206 g/mol. The lowest BCUT2D eigenvalue weighted by atomic mass is 9.94. The molecule has 0 saturated carbocycles. The van der Waals surface area contributed by atoms with E-state index in [0.717, 1.165) is 29.1 Å². The van der Waals surface area contributed by atoms with Gasteiger partial charge in [-0.1, -0.05) is 24.3 Å². The Balaban J connectivity index is 2.22. The fraction of sp³-hybridized carbons (Fsp3) is 0.417. The van der Waals surface area contributed by atoms with Crippen LogP contribution in [0, 0.1) is 12.8 Å². The van der Waals surface area contributed by atoms with E-state index in [2.05, 4.69) is 0 Å². The zero-order valence-corrected chi connectivity index (χ0v) is 9.14. The molecule has 1 saturated heterocycles. The lowest BCUT2D eigenvalue weighted by molar-refractivity contribution is 0.0933. The van der Waals surface area contributed by atoms with Crippen LogP contribution in [-0.2, 0) is 0 Å². The summed E-state index contributed by atoms with van der Waals surface area (Å²) in [7, 11) is 0. The zero-order chi connectivity index (χ0) is 9.97. The minimum atomic E-state index is 0.265. The second kappa shape index (κ2) is 4.18. The summed E-state index contributed by atoms with van der Waals surface area (Å²) in [6, 6.07) is 7.88. The molecular formula is C12H14OS. The van der Waals surface area contributed by atoms with E-state index in [1.54, 1.807) is 0 Å². The molecule has 14 heavy (non-hydrogen) atoms. The van der Waals surface area contributed by atoms with Gasteiger partial charge >= 0.3 is 0 Å². The topological polar surface area (TPSA) is 17.1 Å². The molecule has 0 amide bonds. The quantitative estimate of drug-likeness (QED) is 0.692. The molecule has 0 radical (unpaired) electrons. The summed E-state index contributed by atoms with van der Waals surface area (Å²) in [6.07, 6.45) is 1.05. The Morgan fingerprint density at radius 2 is 2.21 bits per heavy atom. The zero-order valence-electron chi connectivity index (χ0n) is 8.32. The van der Waals surface area contributed by atoms with Crippen molar-refractivity contribution in [1.82, 2.24) is 0 Å². The monoisotopic (exact) mass is 206 g/mol. The first-order chi connectivity index (χ1) is 6.79. The number of hydrogen-bond donors (Lipinski definition) is 0. The Hall–Kier alpha value is -0.760. The van der Waals surface area contributed by atoms with Gasteiger partial charge in [0.25, 0.3) is 0 Å². The Labute approximate surface area is 88.9 Å². The van der Waals surface area contributed by atoms with Crippen molar-refractivity contribution in [3.63, 3.8) is 0 Å². The van der Waals surface area contributed by atoms with E-state index in [0.29, 0.717) is 5.78 Å². The number of aryl methyl sites for hydroxylation is 1. The van der Waals surface area contributed by atoms with Crippen LogP contribution in [0.3, 0.4) is 0 Å². The highest BCUT2D eigenvalue weighted by Crippen LogP contribution is 2.27. The van der Waals surface area contributed by atoms with Crippen molar-refractivity contribution < 1.29 is 4.79 Å². The molecule has 1 unspecified atom stereocenters. The maximum Gasteiger partial charge on any atom is 0.167 e. The summed E-state index contributed by atoms with van der Waals surface area (Å²) in [4.78, 5) is 12.1. The number of benzene rings is 1. The van der Waals surface area contributed by atoms with Gasteiger partial charge in [0.1, 0.15) is 0 Å². The molecule has 0 aromatic heterocycles. The molecule has 2 rings (SSSR count). The van der Waals surface area contributed by atoms with Gasteiger partial charge in [0, 0.05) is 17.2 Å². The maximum absolute atomic E-state index is 12.1. The lowest BCUT2D eigenvalue weighted by Crippen LogP contribution is -2.14. The predicted molar refractivity (Wildman–Crippen MR) is 60.9 cm³/mol. The molecule has 1 nitrogen and oxygen atoms in total. The number of Topliss-reactive ketones (excluding diaryl/α,β-unsaturated/α-hetero) is 1. The molecule has 1 fully saturated rings. The third-order valence-electron chi connectivity index (χ3n) is 2.71. The summed E-state index contributed by atoms with van der Waals surface area (Å²) in [5, 5.41) is 0. The van der Waals surface area contributed by atoms with Crippen LogP contribution >= 0.6 is 11.8 Å². The van der Waals surface area contributed by atoms with E-state index in [9.17, 15) is 4.79 Å². The number of carbonyl (C=O) groups excluding carboxylic acids is 1. The predicted octanol–water partition coefficient (Wildman–Crippen LogP) is 2.93. The molecule has 0 N–H and O–H groups in total. The lowest BCUT2D eigenvalue weighted by Gasteiger charge is -2.09. The number of hydrogen-bond acceptors (Lipinski definition) is 2. The highest BCUT2D eigenvalue weighted by Gasteiger charge is 2.24. The van der Waals surface area contributed by atoms with Gasteiger partial charge in [-0.15, -0.1) is 0 Å². The van der Waals surface area contributed by atoms with E-state index < -0.39 is 0 Å². The molecule has 74 valence electrons. The van der Waals surface area contributed by atoms with Crippen molar-refractivity contribution >= 4 is 17.5 Å². The Morgan fingerprint density at radius 1 is 1.43 bits per heavy atom. The average Bonchev–Trinajstić information content (AvgIpc) is 2.70. The van der Waals surface area contributed by atoms with Crippen molar-refractivity contribution in [2.75, 3.05) is 11.5 Å². The summed E-state index contributed by atoms with van der Waals surface area (Å²) in [6.45, 7) is 2.01. The van der Waals surface area contributed by atoms with Gasteiger partial charge in [0.05, 0.1) is 0 Å². The first kappa shape index (κ1) is 9.78. The van der Waals surface area contributed by atoms with Gasteiger partial charge in [-0.3, -0.25) is 4.79 Å². The normalized spacial score (nSPS) is 21.1. The Morgan fingerprint density at radius 3 is 2.86 bits per heavy atom. The number of ketones is 1. The summed E-state index contributed by atoms with van der Waals surface area (Å²) in [5.74, 6) is 2.75. The third-order valence-corrected chi connectivity index (χ3v) is 3.87. The largest absolute Gasteiger partial charge is 0.294 e. The van der Waals surface area contributed by atoms with Crippen molar-refractivity contribution in [3.8, 4) is 0 Å². The number of carbonyl (C=O) groups is 1. The molecule has 1 aromatic carbocycles. The first-order valence-corrected chi connectivity index (χ1v) is 6.12. The van der Waals surface area contributed by atoms with Gasteiger partial charge in [0.2, 0.25) is 0 Å². The summed E-state index contributed by atoms with van der Waals surface area (Å²) in [5.41, 5.74) is 2.02. The van der Waals surface area contributed by atoms with Crippen molar-refractivity contribution in [2.24, 2.45) is 5.92 Å². The summed E-state index contributed by atoms with van der Waals surface area (Å²) >= 11 is 1.89. The molecule has 0 spiro atoms. The van der Waals surface area contributed by atoms with Gasteiger partial charge in [0.15, 0.2) is 5.78 Å². The van der Waals surface area contributed by atoms with Crippen LogP contribution in [0.1, 0.15) is 22.3 Å². The molecule has 1 aliphatic rings. The molecule has 0 bridgehead atoms. The summed E-state index contributed by atoms with van der Waals surface area (Å²) < 4.78 is 0. The van der Waals surface area contributed by atoms with Gasteiger partial charge in [-0.2, -0.15) is 11.8 Å². The molecule has 1 atom stereocenters. The van der Waals surface area contributed by atoms with Crippen LogP contribution in [0.2, 0.25) is 0 Å². The first-order valence-electron chi connectivity index (χ1n) is 4.96. The van der Waals surface area contributed by atoms with Crippen molar-refractivity contribution in [2.45, 2.75) is 13.3 Å². The van der Waals surface area contributed by atoms with E-state index in [-0.39, 0.29) is 5.92 Å². The number of rotatable bonds is 2. The molecule has 1 heterocycles. The van der Waals surface area contributed by atoms with Gasteiger partial charge < -0.3 is 0 Å².